The largest absolute Gasteiger partial charge is 0.369 e. The molecular formula is C16H19N5S. The summed E-state index contributed by atoms with van der Waals surface area (Å²) >= 11 is 1.88. The number of hydrogen-bond donors (Lipinski definition) is 1. The Hall–Kier alpha value is -2.08. The van der Waals surface area contributed by atoms with E-state index in [0.717, 1.165) is 35.5 Å². The van der Waals surface area contributed by atoms with Gasteiger partial charge in [0.1, 0.15) is 12.1 Å². The second-order valence-electron chi connectivity index (χ2n) is 4.98. The van der Waals surface area contributed by atoms with Crippen LogP contribution in [0, 0.1) is 0 Å². The van der Waals surface area contributed by atoms with Crippen molar-refractivity contribution in [3.63, 3.8) is 0 Å². The van der Waals surface area contributed by atoms with Gasteiger partial charge in [-0.3, -0.25) is 0 Å². The van der Waals surface area contributed by atoms with Crippen molar-refractivity contribution in [3.05, 3.63) is 42.9 Å². The van der Waals surface area contributed by atoms with Crippen LogP contribution in [0.5, 0.6) is 0 Å². The van der Waals surface area contributed by atoms with Gasteiger partial charge < -0.3 is 5.32 Å². The van der Waals surface area contributed by atoms with Gasteiger partial charge in [-0.25, -0.2) is 14.6 Å². The number of nitrogens with zero attached hydrogens (tertiary/aromatic N) is 4. The van der Waals surface area contributed by atoms with Crippen LogP contribution in [-0.4, -0.2) is 38.3 Å². The molecule has 6 heteroatoms. The van der Waals surface area contributed by atoms with Crippen molar-refractivity contribution in [3.8, 4) is 5.69 Å². The maximum atomic E-state index is 4.45. The van der Waals surface area contributed by atoms with Crippen molar-refractivity contribution in [2.75, 3.05) is 23.9 Å². The maximum absolute atomic E-state index is 4.45. The van der Waals surface area contributed by atoms with E-state index in [9.17, 15) is 0 Å². The molecule has 0 saturated carbocycles. The zero-order valence-electron chi connectivity index (χ0n) is 12.6. The third-order valence-electron chi connectivity index (χ3n) is 3.43. The molecular weight excluding hydrogens is 294 g/mol. The van der Waals surface area contributed by atoms with E-state index >= 15 is 0 Å². The molecule has 0 amide bonds. The first-order valence-corrected chi connectivity index (χ1v) is 8.76. The van der Waals surface area contributed by atoms with Gasteiger partial charge in [0.25, 0.3) is 0 Å². The summed E-state index contributed by atoms with van der Waals surface area (Å²) in [6.07, 6.45) is 7.91. The first kappa shape index (κ1) is 14.8. The molecule has 1 aromatic carbocycles. The Labute approximate surface area is 134 Å². The van der Waals surface area contributed by atoms with Gasteiger partial charge in [-0.05, 0) is 37.0 Å². The molecule has 3 aromatic rings. The third-order valence-corrected chi connectivity index (χ3v) is 4.13. The summed E-state index contributed by atoms with van der Waals surface area (Å²) in [7, 11) is 0. The van der Waals surface area contributed by atoms with E-state index in [-0.39, 0.29) is 0 Å². The Morgan fingerprint density at radius 3 is 2.82 bits per heavy atom. The SMILES string of the molecule is CSCCCCNc1ncnc2c1cnn2-c1ccccc1. The number of thioether (sulfide) groups is 1. The zero-order valence-corrected chi connectivity index (χ0v) is 13.4. The smallest absolute Gasteiger partial charge is 0.168 e. The van der Waals surface area contributed by atoms with Gasteiger partial charge in [0.2, 0.25) is 0 Å². The summed E-state index contributed by atoms with van der Waals surface area (Å²) in [5.74, 6) is 2.06. The van der Waals surface area contributed by atoms with Gasteiger partial charge in [0, 0.05) is 6.54 Å². The Kier molecular flexibility index (Phi) is 4.90. The predicted molar refractivity (Wildman–Crippen MR) is 92.8 cm³/mol. The van der Waals surface area contributed by atoms with Crippen LogP contribution in [0.25, 0.3) is 16.7 Å². The highest BCUT2D eigenvalue weighted by molar-refractivity contribution is 7.98. The van der Waals surface area contributed by atoms with Crippen molar-refractivity contribution in [1.82, 2.24) is 19.7 Å². The zero-order chi connectivity index (χ0) is 15.2. The van der Waals surface area contributed by atoms with Crippen molar-refractivity contribution >= 4 is 28.6 Å². The van der Waals surface area contributed by atoms with E-state index in [1.165, 1.54) is 12.2 Å². The van der Waals surface area contributed by atoms with Gasteiger partial charge in [0.15, 0.2) is 5.65 Å². The molecule has 0 radical (unpaired) electrons. The first-order valence-electron chi connectivity index (χ1n) is 7.37. The van der Waals surface area contributed by atoms with E-state index in [1.807, 2.05) is 53.0 Å². The molecule has 0 unspecified atom stereocenters. The van der Waals surface area contributed by atoms with Gasteiger partial charge in [-0.1, -0.05) is 18.2 Å². The van der Waals surface area contributed by atoms with Gasteiger partial charge in [-0.15, -0.1) is 0 Å². The van der Waals surface area contributed by atoms with Crippen LogP contribution >= 0.6 is 11.8 Å². The standard InChI is InChI=1S/C16H19N5S/c1-22-10-6-5-9-17-15-14-11-20-21(16(14)19-12-18-15)13-7-3-2-4-8-13/h2-4,7-8,11-12H,5-6,9-10H2,1H3,(H,17,18,19). The van der Waals surface area contributed by atoms with Crippen LogP contribution in [0.1, 0.15) is 12.8 Å². The number of fused-ring (bicyclic) bond motifs is 1. The summed E-state index contributed by atoms with van der Waals surface area (Å²) in [6, 6.07) is 10.0. The van der Waals surface area contributed by atoms with E-state index in [2.05, 4.69) is 26.6 Å². The lowest BCUT2D eigenvalue weighted by Crippen LogP contribution is -2.05. The number of unbranched alkanes of at least 4 members (excludes halogenated alkanes) is 1. The highest BCUT2D eigenvalue weighted by Crippen LogP contribution is 2.21. The normalized spacial score (nSPS) is 11.0. The fourth-order valence-corrected chi connectivity index (χ4v) is 2.81. The number of benzene rings is 1. The second-order valence-corrected chi connectivity index (χ2v) is 5.96. The van der Waals surface area contributed by atoms with Crippen LogP contribution < -0.4 is 5.32 Å². The summed E-state index contributed by atoms with van der Waals surface area (Å²) in [5.41, 5.74) is 1.83. The maximum Gasteiger partial charge on any atom is 0.168 e. The van der Waals surface area contributed by atoms with E-state index in [0.29, 0.717) is 0 Å². The van der Waals surface area contributed by atoms with Gasteiger partial charge >= 0.3 is 0 Å². The fraction of sp³-hybridized carbons (Fsp3) is 0.312. The van der Waals surface area contributed by atoms with Crippen molar-refractivity contribution in [2.24, 2.45) is 0 Å². The summed E-state index contributed by atoms with van der Waals surface area (Å²) in [5, 5.41) is 8.81. The molecule has 0 aliphatic heterocycles. The molecule has 5 nitrogen and oxygen atoms in total. The molecule has 0 spiro atoms. The van der Waals surface area contributed by atoms with E-state index < -0.39 is 0 Å². The molecule has 114 valence electrons. The monoisotopic (exact) mass is 313 g/mol. The van der Waals surface area contributed by atoms with Crippen LogP contribution in [0.2, 0.25) is 0 Å². The lowest BCUT2D eigenvalue weighted by Gasteiger charge is -2.06. The molecule has 1 N–H and O–H groups in total. The highest BCUT2D eigenvalue weighted by Gasteiger charge is 2.10. The second kappa shape index (κ2) is 7.26. The average molecular weight is 313 g/mol. The molecule has 2 heterocycles. The van der Waals surface area contributed by atoms with Crippen LogP contribution in [0.3, 0.4) is 0 Å². The van der Waals surface area contributed by atoms with Crippen LogP contribution in [-0.2, 0) is 0 Å². The lowest BCUT2D eigenvalue weighted by atomic mass is 10.3. The van der Waals surface area contributed by atoms with Crippen LogP contribution in [0.15, 0.2) is 42.9 Å². The summed E-state index contributed by atoms with van der Waals surface area (Å²) in [6.45, 7) is 0.920. The minimum absolute atomic E-state index is 0.827. The van der Waals surface area contributed by atoms with Crippen molar-refractivity contribution in [1.29, 1.82) is 0 Å². The average Bonchev–Trinajstić information content (AvgIpc) is 3.00. The number of rotatable bonds is 7. The number of aromatic nitrogens is 4. The first-order chi connectivity index (χ1) is 10.9. The Morgan fingerprint density at radius 2 is 2.00 bits per heavy atom. The molecule has 22 heavy (non-hydrogen) atoms. The molecule has 3 rings (SSSR count). The van der Waals surface area contributed by atoms with E-state index in [1.54, 1.807) is 6.33 Å². The Balaban J connectivity index is 1.80. The van der Waals surface area contributed by atoms with Gasteiger partial charge in [0.05, 0.1) is 17.3 Å². The minimum atomic E-state index is 0.827. The fourth-order valence-electron chi connectivity index (χ4n) is 2.32. The number of para-hydroxylation sites is 1. The molecule has 0 saturated heterocycles. The highest BCUT2D eigenvalue weighted by atomic mass is 32.2. The number of nitrogens with one attached hydrogen (secondary N) is 1. The molecule has 0 aliphatic carbocycles. The summed E-state index contributed by atoms with van der Waals surface area (Å²) in [4.78, 5) is 8.73. The Morgan fingerprint density at radius 1 is 1.14 bits per heavy atom. The van der Waals surface area contributed by atoms with Gasteiger partial charge in [-0.2, -0.15) is 16.9 Å². The van der Waals surface area contributed by atoms with Crippen molar-refractivity contribution in [2.45, 2.75) is 12.8 Å². The van der Waals surface area contributed by atoms with Crippen molar-refractivity contribution < 1.29 is 0 Å². The molecule has 0 bridgehead atoms. The predicted octanol–water partition coefficient (Wildman–Crippen LogP) is 3.37. The van der Waals surface area contributed by atoms with Crippen LogP contribution in [0.4, 0.5) is 5.82 Å². The minimum Gasteiger partial charge on any atom is -0.369 e. The number of hydrogen-bond acceptors (Lipinski definition) is 5. The Bertz CT molecular complexity index is 726. The summed E-state index contributed by atoms with van der Waals surface area (Å²) < 4.78 is 1.84. The lowest BCUT2D eigenvalue weighted by molar-refractivity contribution is 0.840. The molecule has 0 atom stereocenters. The molecule has 0 aliphatic rings. The molecule has 2 aromatic heterocycles. The van der Waals surface area contributed by atoms with E-state index in [4.69, 9.17) is 0 Å². The number of anilines is 1. The third kappa shape index (κ3) is 3.22. The topological polar surface area (TPSA) is 55.6 Å². The quantitative estimate of drug-likeness (QED) is 0.678. The molecule has 0 fully saturated rings.